The maximum atomic E-state index is 12.6. The van der Waals surface area contributed by atoms with Crippen LogP contribution < -0.4 is 0 Å². The number of pyridine rings is 1. The van der Waals surface area contributed by atoms with Crippen molar-refractivity contribution < 1.29 is 23.1 Å². The van der Waals surface area contributed by atoms with E-state index in [-0.39, 0.29) is 17.3 Å². The predicted molar refractivity (Wildman–Crippen MR) is 60.8 cm³/mol. The molecule has 1 amide bonds. The first-order valence-corrected chi connectivity index (χ1v) is 5.81. The zero-order valence-corrected chi connectivity index (χ0v) is 10.4. The average molecular weight is 295 g/mol. The third kappa shape index (κ3) is 2.66. The van der Waals surface area contributed by atoms with Crippen LogP contribution in [0, 0.1) is 0 Å². The van der Waals surface area contributed by atoms with Crippen molar-refractivity contribution in [3.8, 4) is 0 Å². The lowest BCUT2D eigenvalue weighted by Crippen LogP contribution is -2.48. The van der Waals surface area contributed by atoms with Crippen molar-refractivity contribution in [2.45, 2.75) is 18.2 Å². The van der Waals surface area contributed by atoms with Gasteiger partial charge in [-0.15, -0.1) is 0 Å². The van der Waals surface area contributed by atoms with Crippen LogP contribution in [0.5, 0.6) is 0 Å². The van der Waals surface area contributed by atoms with Crippen LogP contribution in [0.1, 0.15) is 16.8 Å². The summed E-state index contributed by atoms with van der Waals surface area (Å²) in [5.41, 5.74) is -2.69. The fraction of sp³-hybridized carbons (Fsp3) is 0.455. The van der Waals surface area contributed by atoms with E-state index in [1.165, 1.54) is 18.3 Å². The molecule has 1 fully saturated rings. The first-order chi connectivity index (χ1) is 8.73. The fourth-order valence-electron chi connectivity index (χ4n) is 1.92. The number of aliphatic hydroxyl groups is 1. The zero-order chi connectivity index (χ0) is 14.3. The summed E-state index contributed by atoms with van der Waals surface area (Å²) in [7, 11) is 0. The number of amides is 1. The summed E-state index contributed by atoms with van der Waals surface area (Å²) in [6.45, 7) is -0.927. The summed E-state index contributed by atoms with van der Waals surface area (Å²) in [5, 5.41) is 9.57. The van der Waals surface area contributed by atoms with Crippen LogP contribution in [0.4, 0.5) is 13.2 Å². The second-order valence-corrected chi connectivity index (χ2v) is 4.76. The second kappa shape index (κ2) is 4.64. The average Bonchev–Trinajstić information content (AvgIpc) is 2.72. The van der Waals surface area contributed by atoms with Gasteiger partial charge in [0.1, 0.15) is 5.15 Å². The van der Waals surface area contributed by atoms with Gasteiger partial charge in [0.2, 0.25) is 0 Å². The zero-order valence-electron chi connectivity index (χ0n) is 9.62. The normalized spacial score (nSPS) is 23.7. The molecule has 4 nitrogen and oxygen atoms in total. The number of hydrogen-bond acceptors (Lipinski definition) is 3. The first-order valence-electron chi connectivity index (χ1n) is 5.43. The summed E-state index contributed by atoms with van der Waals surface area (Å²) < 4.78 is 37.9. The highest BCUT2D eigenvalue weighted by atomic mass is 35.5. The van der Waals surface area contributed by atoms with E-state index in [4.69, 9.17) is 11.6 Å². The molecule has 1 atom stereocenters. The maximum absolute atomic E-state index is 12.6. The number of rotatable bonds is 1. The molecule has 1 aliphatic heterocycles. The maximum Gasteiger partial charge on any atom is 0.419 e. The lowest BCUT2D eigenvalue weighted by Gasteiger charge is -2.25. The highest BCUT2D eigenvalue weighted by Crippen LogP contribution is 2.37. The number of β-amino-alcohol motifs (C(OH)–C–C–N with tert-alkyl or cyclic N) is 1. The molecule has 19 heavy (non-hydrogen) atoms. The lowest BCUT2D eigenvalue weighted by molar-refractivity contribution is -0.253. The Morgan fingerprint density at radius 1 is 1.53 bits per heavy atom. The Labute approximate surface area is 111 Å². The topological polar surface area (TPSA) is 53.4 Å². The molecule has 1 aromatic heterocycles. The first kappa shape index (κ1) is 14.1. The van der Waals surface area contributed by atoms with Gasteiger partial charge in [-0.25, -0.2) is 4.98 Å². The summed E-state index contributed by atoms with van der Waals surface area (Å²) in [6.07, 6.45) is -3.99. The van der Waals surface area contributed by atoms with Gasteiger partial charge in [0.15, 0.2) is 5.60 Å². The molecule has 1 aromatic rings. The van der Waals surface area contributed by atoms with E-state index in [9.17, 15) is 23.1 Å². The minimum Gasteiger partial charge on any atom is -0.379 e. The van der Waals surface area contributed by atoms with Gasteiger partial charge in [0.25, 0.3) is 5.91 Å². The number of halogens is 4. The Morgan fingerprint density at radius 2 is 2.21 bits per heavy atom. The minimum atomic E-state index is -4.75. The van der Waals surface area contributed by atoms with Gasteiger partial charge in [0.05, 0.1) is 6.54 Å². The van der Waals surface area contributed by atoms with E-state index in [2.05, 4.69) is 4.98 Å². The van der Waals surface area contributed by atoms with Crippen LogP contribution >= 0.6 is 11.6 Å². The second-order valence-electron chi connectivity index (χ2n) is 4.37. The Morgan fingerprint density at radius 3 is 2.74 bits per heavy atom. The molecule has 0 spiro atoms. The highest BCUT2D eigenvalue weighted by molar-refractivity contribution is 6.29. The van der Waals surface area contributed by atoms with Crippen LogP contribution in [-0.4, -0.2) is 45.8 Å². The molecule has 1 N–H and O–H groups in total. The molecule has 0 bridgehead atoms. The van der Waals surface area contributed by atoms with Crippen molar-refractivity contribution >= 4 is 17.5 Å². The van der Waals surface area contributed by atoms with E-state index in [1.54, 1.807) is 0 Å². The standard InChI is InChI=1S/C11H10ClF3N2O2/c12-8-5-7(1-3-16-8)9(18)17-4-2-10(19,6-17)11(13,14)15/h1,3,5,19H,2,4,6H2. The van der Waals surface area contributed by atoms with Gasteiger partial charge >= 0.3 is 6.18 Å². The van der Waals surface area contributed by atoms with Crippen molar-refractivity contribution in [1.29, 1.82) is 0 Å². The van der Waals surface area contributed by atoms with Gasteiger partial charge in [-0.2, -0.15) is 13.2 Å². The molecule has 1 aliphatic rings. The van der Waals surface area contributed by atoms with Gasteiger partial charge < -0.3 is 10.0 Å². The fourth-order valence-corrected chi connectivity index (χ4v) is 2.09. The molecule has 2 heterocycles. The molecule has 2 rings (SSSR count). The number of hydrogen-bond donors (Lipinski definition) is 1. The molecule has 0 saturated carbocycles. The van der Waals surface area contributed by atoms with Crippen molar-refractivity contribution in [1.82, 2.24) is 9.88 Å². The van der Waals surface area contributed by atoms with Crippen molar-refractivity contribution in [2.75, 3.05) is 13.1 Å². The molecule has 0 aliphatic carbocycles. The monoisotopic (exact) mass is 294 g/mol. The number of aromatic nitrogens is 1. The molecule has 0 radical (unpaired) electrons. The van der Waals surface area contributed by atoms with Crippen molar-refractivity contribution in [3.63, 3.8) is 0 Å². The van der Waals surface area contributed by atoms with Crippen LogP contribution in [0.15, 0.2) is 18.3 Å². The summed E-state index contributed by atoms with van der Waals surface area (Å²) >= 11 is 5.61. The van der Waals surface area contributed by atoms with E-state index >= 15 is 0 Å². The third-order valence-electron chi connectivity index (χ3n) is 3.04. The molecular formula is C11H10ClF3N2O2. The smallest absolute Gasteiger partial charge is 0.379 e. The molecule has 8 heteroatoms. The third-order valence-corrected chi connectivity index (χ3v) is 3.24. The van der Waals surface area contributed by atoms with E-state index in [0.717, 1.165) is 4.90 Å². The number of nitrogens with zero attached hydrogens (tertiary/aromatic N) is 2. The summed E-state index contributed by atoms with van der Waals surface area (Å²) in [6, 6.07) is 2.63. The largest absolute Gasteiger partial charge is 0.419 e. The van der Waals surface area contributed by atoms with Gasteiger partial charge in [-0.1, -0.05) is 11.6 Å². The lowest BCUT2D eigenvalue weighted by atomic mass is 10.0. The number of carbonyl (C=O) groups excluding carboxylic acids is 1. The Hall–Kier alpha value is -1.34. The highest BCUT2D eigenvalue weighted by Gasteiger charge is 2.57. The number of likely N-dealkylation sites (tertiary alicyclic amines) is 1. The molecule has 1 saturated heterocycles. The van der Waals surface area contributed by atoms with Crippen LogP contribution in [0.25, 0.3) is 0 Å². The van der Waals surface area contributed by atoms with E-state index in [0.29, 0.717) is 0 Å². The van der Waals surface area contributed by atoms with Crippen LogP contribution in [0.3, 0.4) is 0 Å². The van der Waals surface area contributed by atoms with Crippen LogP contribution in [0.2, 0.25) is 5.15 Å². The van der Waals surface area contributed by atoms with E-state index < -0.39 is 30.7 Å². The number of carbonyl (C=O) groups is 1. The summed E-state index contributed by atoms with van der Waals surface area (Å²) in [5.74, 6) is -0.607. The molecule has 0 aromatic carbocycles. The predicted octanol–water partition coefficient (Wildman–Crippen LogP) is 1.87. The van der Waals surface area contributed by atoms with Gasteiger partial charge in [-0.05, 0) is 12.1 Å². The van der Waals surface area contributed by atoms with Gasteiger partial charge in [-0.3, -0.25) is 4.79 Å². The quantitative estimate of drug-likeness (QED) is 0.805. The van der Waals surface area contributed by atoms with Crippen molar-refractivity contribution in [2.24, 2.45) is 0 Å². The Kier molecular flexibility index (Phi) is 3.44. The van der Waals surface area contributed by atoms with E-state index in [1.807, 2.05) is 0 Å². The van der Waals surface area contributed by atoms with Crippen molar-refractivity contribution in [3.05, 3.63) is 29.0 Å². The Balaban J connectivity index is 2.16. The molecular weight excluding hydrogens is 285 g/mol. The van der Waals surface area contributed by atoms with Gasteiger partial charge in [0, 0.05) is 24.7 Å². The minimum absolute atomic E-state index is 0.0798. The van der Waals surface area contributed by atoms with Crippen LogP contribution in [-0.2, 0) is 0 Å². The number of alkyl halides is 3. The molecule has 104 valence electrons. The Bertz CT molecular complexity index is 509. The SMILES string of the molecule is O=C(c1ccnc(Cl)c1)N1CCC(O)(C(F)(F)F)C1. The molecule has 1 unspecified atom stereocenters. The summed E-state index contributed by atoms with van der Waals surface area (Å²) in [4.78, 5) is 16.6.